The van der Waals surface area contributed by atoms with Crippen molar-refractivity contribution in [3.8, 4) is 0 Å². The van der Waals surface area contributed by atoms with E-state index in [-0.39, 0.29) is 16.5 Å². The highest BCUT2D eigenvalue weighted by molar-refractivity contribution is 8.03. The second-order valence-electron chi connectivity index (χ2n) is 2.92. The van der Waals surface area contributed by atoms with Gasteiger partial charge in [0.2, 0.25) is 5.82 Å². The number of nitrogens with two attached hydrogens (primary N) is 1. The quantitative estimate of drug-likeness (QED) is 0.274. The fourth-order valence-corrected chi connectivity index (χ4v) is 3.53. The van der Waals surface area contributed by atoms with Crippen molar-refractivity contribution in [2.45, 2.75) is 13.7 Å². The number of hydrogen-bond donors (Lipinski definition) is 2. The van der Waals surface area contributed by atoms with E-state index in [2.05, 4.69) is 25.6 Å². The lowest BCUT2D eigenvalue weighted by atomic mass is 10.5. The van der Waals surface area contributed by atoms with Gasteiger partial charge >= 0.3 is 5.69 Å². The van der Waals surface area contributed by atoms with Crippen LogP contribution in [0.1, 0.15) is 0 Å². The Morgan fingerprint density at radius 1 is 1.42 bits per heavy atom. The molecule has 0 fully saturated rings. The Morgan fingerprint density at radius 2 is 2.16 bits per heavy atom. The number of rotatable bonds is 5. The van der Waals surface area contributed by atoms with E-state index in [0.717, 1.165) is 16.1 Å². The SMILES string of the molecule is CSc1nnc(Sc2ncnc(NN)c2[N+](=O)[O-])s1. The zero-order valence-electron chi connectivity index (χ0n) is 9.43. The molecule has 0 spiro atoms. The van der Waals surface area contributed by atoms with Gasteiger partial charge < -0.3 is 5.43 Å². The van der Waals surface area contributed by atoms with Crippen LogP contribution in [0.25, 0.3) is 0 Å². The number of nitrogen functional groups attached to an aromatic ring is 1. The van der Waals surface area contributed by atoms with Crippen molar-refractivity contribution in [1.82, 2.24) is 20.2 Å². The molecule has 12 heteroatoms. The van der Waals surface area contributed by atoms with Crippen molar-refractivity contribution < 1.29 is 4.92 Å². The van der Waals surface area contributed by atoms with Crippen molar-refractivity contribution in [1.29, 1.82) is 0 Å². The minimum Gasteiger partial charge on any atom is -0.303 e. The first-order valence-electron chi connectivity index (χ1n) is 4.67. The zero-order chi connectivity index (χ0) is 13.8. The van der Waals surface area contributed by atoms with Gasteiger partial charge in [-0.3, -0.25) is 10.1 Å². The maximum absolute atomic E-state index is 11.0. The maximum atomic E-state index is 11.0. The minimum atomic E-state index is -0.589. The van der Waals surface area contributed by atoms with E-state index < -0.39 is 4.92 Å². The molecule has 0 amide bonds. The minimum absolute atomic E-state index is 0.0443. The molecule has 2 rings (SSSR count). The van der Waals surface area contributed by atoms with Crippen LogP contribution in [0.3, 0.4) is 0 Å². The first-order valence-corrected chi connectivity index (χ1v) is 7.52. The van der Waals surface area contributed by atoms with Crippen LogP contribution in [0.2, 0.25) is 0 Å². The third-order valence-corrected chi connectivity index (χ3v) is 4.80. The summed E-state index contributed by atoms with van der Waals surface area (Å²) >= 11 is 3.83. The van der Waals surface area contributed by atoms with Gasteiger partial charge in [-0.15, -0.1) is 10.2 Å². The maximum Gasteiger partial charge on any atom is 0.345 e. The van der Waals surface area contributed by atoms with Gasteiger partial charge in [0.05, 0.1) is 4.92 Å². The Bertz CT molecular complexity index is 604. The van der Waals surface area contributed by atoms with E-state index in [1.54, 1.807) is 0 Å². The molecule has 0 saturated carbocycles. The average molecular weight is 317 g/mol. The second-order valence-corrected chi connectivity index (χ2v) is 6.18. The van der Waals surface area contributed by atoms with Crippen molar-refractivity contribution in [3.05, 3.63) is 16.4 Å². The number of hydrazine groups is 1. The molecule has 2 aromatic rings. The molecule has 0 atom stereocenters. The predicted molar refractivity (Wildman–Crippen MR) is 72.3 cm³/mol. The fraction of sp³-hybridized carbons (Fsp3) is 0.143. The summed E-state index contributed by atoms with van der Waals surface area (Å²) in [5.74, 6) is 5.15. The molecule has 9 nitrogen and oxygen atoms in total. The van der Waals surface area contributed by atoms with E-state index in [9.17, 15) is 10.1 Å². The number of nitrogens with one attached hydrogen (secondary N) is 1. The highest BCUT2D eigenvalue weighted by atomic mass is 32.2. The standard InChI is InChI=1S/C7H7N7O2S3/c1-17-6-12-13-7(19-6)18-5-3(14(15)16)4(11-8)9-2-10-5/h2H,8H2,1H3,(H,9,10,11). The molecule has 0 bridgehead atoms. The van der Waals surface area contributed by atoms with Crippen molar-refractivity contribution in [3.63, 3.8) is 0 Å². The Morgan fingerprint density at radius 3 is 2.74 bits per heavy atom. The molecule has 2 heterocycles. The van der Waals surface area contributed by atoms with Crippen LogP contribution in [-0.2, 0) is 0 Å². The normalized spacial score (nSPS) is 10.4. The number of anilines is 1. The Kier molecular flexibility index (Phi) is 4.47. The number of aromatic nitrogens is 4. The Hall–Kier alpha value is -1.50. The van der Waals surface area contributed by atoms with E-state index in [4.69, 9.17) is 5.84 Å². The summed E-state index contributed by atoms with van der Waals surface area (Å²) in [5, 5.41) is 19.0. The number of hydrogen-bond acceptors (Lipinski definition) is 11. The monoisotopic (exact) mass is 317 g/mol. The largest absolute Gasteiger partial charge is 0.345 e. The second kappa shape index (κ2) is 6.10. The lowest BCUT2D eigenvalue weighted by molar-refractivity contribution is -0.387. The van der Waals surface area contributed by atoms with E-state index in [1.807, 2.05) is 6.26 Å². The number of thioether (sulfide) groups is 1. The highest BCUT2D eigenvalue weighted by Crippen LogP contribution is 2.38. The zero-order valence-corrected chi connectivity index (χ0v) is 11.9. The summed E-state index contributed by atoms with van der Waals surface area (Å²) in [4.78, 5) is 18.0. The van der Waals surface area contributed by atoms with Crippen molar-refractivity contribution in [2.24, 2.45) is 5.84 Å². The predicted octanol–water partition coefficient (Wildman–Crippen LogP) is 1.39. The van der Waals surface area contributed by atoms with Gasteiger partial charge in [-0.1, -0.05) is 23.1 Å². The van der Waals surface area contributed by atoms with Crippen LogP contribution in [-0.4, -0.2) is 31.3 Å². The van der Waals surface area contributed by atoms with Crippen LogP contribution in [0, 0.1) is 10.1 Å². The number of nitro groups is 1. The molecular weight excluding hydrogens is 310 g/mol. The fourth-order valence-electron chi connectivity index (χ4n) is 1.11. The first kappa shape index (κ1) is 13.9. The van der Waals surface area contributed by atoms with Gasteiger partial charge in [-0.25, -0.2) is 15.8 Å². The molecule has 0 aromatic carbocycles. The van der Waals surface area contributed by atoms with Crippen LogP contribution in [0.5, 0.6) is 0 Å². The third kappa shape index (κ3) is 3.09. The smallest absolute Gasteiger partial charge is 0.303 e. The molecule has 0 saturated heterocycles. The van der Waals surface area contributed by atoms with Gasteiger partial charge in [0.25, 0.3) is 0 Å². The lowest BCUT2D eigenvalue weighted by Gasteiger charge is -2.02. The Labute approximate surface area is 119 Å². The summed E-state index contributed by atoms with van der Waals surface area (Å²) in [6.07, 6.45) is 3.07. The molecular formula is C7H7N7O2S3. The molecule has 19 heavy (non-hydrogen) atoms. The molecule has 2 aromatic heterocycles. The molecule has 0 aliphatic rings. The first-order chi connectivity index (χ1) is 9.15. The number of nitrogens with zero attached hydrogens (tertiary/aromatic N) is 5. The average Bonchev–Trinajstić information content (AvgIpc) is 2.85. The van der Waals surface area contributed by atoms with Gasteiger partial charge in [0, 0.05) is 0 Å². The van der Waals surface area contributed by atoms with Gasteiger partial charge in [0.15, 0.2) is 13.7 Å². The van der Waals surface area contributed by atoms with E-state index in [0.29, 0.717) is 4.34 Å². The van der Waals surface area contributed by atoms with Crippen molar-refractivity contribution in [2.75, 3.05) is 11.7 Å². The van der Waals surface area contributed by atoms with Crippen molar-refractivity contribution >= 4 is 46.4 Å². The summed E-state index contributed by atoms with van der Waals surface area (Å²) in [5.41, 5.74) is 1.90. The molecule has 100 valence electrons. The summed E-state index contributed by atoms with van der Waals surface area (Å²) in [6, 6.07) is 0. The van der Waals surface area contributed by atoms with E-state index >= 15 is 0 Å². The van der Waals surface area contributed by atoms with Gasteiger partial charge in [-0.2, -0.15) is 0 Å². The summed E-state index contributed by atoms with van der Waals surface area (Å²) in [6.45, 7) is 0. The third-order valence-electron chi connectivity index (χ3n) is 1.85. The van der Waals surface area contributed by atoms with Gasteiger partial charge in [-0.05, 0) is 18.0 Å². The van der Waals surface area contributed by atoms with Crippen LogP contribution < -0.4 is 11.3 Å². The highest BCUT2D eigenvalue weighted by Gasteiger charge is 2.24. The molecule has 0 aliphatic carbocycles. The topological polar surface area (TPSA) is 133 Å². The van der Waals surface area contributed by atoms with Crippen LogP contribution >= 0.6 is 34.9 Å². The summed E-state index contributed by atoms with van der Waals surface area (Å²) in [7, 11) is 0. The molecule has 0 unspecified atom stereocenters. The van der Waals surface area contributed by atoms with Crippen LogP contribution in [0.15, 0.2) is 20.0 Å². The van der Waals surface area contributed by atoms with Crippen LogP contribution in [0.4, 0.5) is 11.5 Å². The molecule has 0 radical (unpaired) electrons. The van der Waals surface area contributed by atoms with Gasteiger partial charge in [0.1, 0.15) is 6.33 Å². The molecule has 3 N–H and O–H groups in total. The summed E-state index contributed by atoms with van der Waals surface area (Å²) < 4.78 is 1.34. The van der Waals surface area contributed by atoms with E-state index in [1.165, 1.54) is 29.4 Å². The lowest BCUT2D eigenvalue weighted by Crippen LogP contribution is -2.11. The molecule has 0 aliphatic heterocycles. The Balaban J connectivity index is 2.36.